The zero-order valence-electron chi connectivity index (χ0n) is 23.5. The van der Waals surface area contributed by atoms with Crippen LogP contribution in [0.15, 0.2) is 121 Å². The molecule has 4 rings (SSSR count). The van der Waals surface area contributed by atoms with Gasteiger partial charge in [0.05, 0.1) is 0 Å². The van der Waals surface area contributed by atoms with Crippen LogP contribution in [0.5, 0.6) is 0 Å². The van der Waals surface area contributed by atoms with E-state index in [0.29, 0.717) is 0 Å². The molecule has 0 amide bonds. The fraction of sp³-hybridized carbons (Fsp3) is 0.294. The molecule has 4 aromatic carbocycles. The molecule has 0 aliphatic heterocycles. The number of hydrogen-bond acceptors (Lipinski definition) is 0. The molecule has 0 N–H and O–H groups in total. The first-order valence-corrected chi connectivity index (χ1v) is 12.9. The summed E-state index contributed by atoms with van der Waals surface area (Å²) in [7, 11) is 0. The lowest BCUT2D eigenvalue weighted by Gasteiger charge is -1.98. The zero-order chi connectivity index (χ0) is 26.5. The normalized spacial score (nSPS) is 7.71. The van der Waals surface area contributed by atoms with Crippen LogP contribution in [0.2, 0.25) is 0 Å². The Morgan fingerprint density at radius 3 is 0.588 bits per heavy atom. The molecule has 0 unspecified atom stereocenters. The van der Waals surface area contributed by atoms with Crippen LogP contribution in [-0.2, 0) is 0 Å². The Kier molecular flexibility index (Phi) is 31.2. The van der Waals surface area contributed by atoms with E-state index in [-0.39, 0.29) is 0 Å². The molecule has 0 atom stereocenters. The number of hydrogen-bond donors (Lipinski definition) is 0. The summed E-state index contributed by atoms with van der Waals surface area (Å²) in [6.07, 6.45) is 0. The van der Waals surface area contributed by atoms with E-state index in [9.17, 15) is 0 Å². The third kappa shape index (κ3) is 20.8. The fourth-order valence-electron chi connectivity index (χ4n) is 2.33. The third-order valence-corrected chi connectivity index (χ3v) is 3.76. The Morgan fingerprint density at radius 2 is 0.441 bits per heavy atom. The molecule has 0 bridgehead atoms. The van der Waals surface area contributed by atoms with E-state index in [1.165, 1.54) is 22.3 Å². The number of rotatable bonds is 1. The largest absolute Gasteiger partial charge is 0.0683 e. The Hall–Kier alpha value is -3.12. The van der Waals surface area contributed by atoms with Gasteiger partial charge in [-0.3, -0.25) is 0 Å². The van der Waals surface area contributed by atoms with Gasteiger partial charge in [0, 0.05) is 0 Å². The van der Waals surface area contributed by atoms with Gasteiger partial charge >= 0.3 is 0 Å². The Balaban J connectivity index is -0.000000383. The van der Waals surface area contributed by atoms with E-state index >= 15 is 0 Å². The summed E-state index contributed by atoms with van der Waals surface area (Å²) < 4.78 is 0. The van der Waals surface area contributed by atoms with Gasteiger partial charge in [-0.05, 0) is 25.0 Å². The van der Waals surface area contributed by atoms with Crippen molar-refractivity contribution in [3.8, 4) is 11.1 Å². The topological polar surface area (TPSA) is 0 Å². The number of aryl methyl sites for hydroxylation is 2. The van der Waals surface area contributed by atoms with Crippen molar-refractivity contribution >= 4 is 0 Å². The molecule has 0 radical (unpaired) electrons. The van der Waals surface area contributed by atoms with Gasteiger partial charge in [-0.15, -0.1) is 0 Å². The summed E-state index contributed by atoms with van der Waals surface area (Å²) in [5, 5.41) is 0. The maximum absolute atomic E-state index is 2.12. The minimum Gasteiger partial charge on any atom is -0.0683 e. The standard InChI is InChI=1S/C12H10.2C7H8.4C2H6/c1-3-7-11(8-4-1)12-9-5-2-6-10-12;2*1-7-5-3-2-4-6-7;4*1-2/h1-10H;2*2-6H,1H3;4*1-2H3. The van der Waals surface area contributed by atoms with Crippen LogP contribution in [0.25, 0.3) is 11.1 Å². The van der Waals surface area contributed by atoms with Gasteiger partial charge in [-0.1, -0.05) is 188 Å². The van der Waals surface area contributed by atoms with E-state index in [2.05, 4.69) is 86.6 Å². The quantitative estimate of drug-likeness (QED) is 0.266. The van der Waals surface area contributed by atoms with Gasteiger partial charge < -0.3 is 0 Å². The van der Waals surface area contributed by atoms with Crippen LogP contribution in [0.4, 0.5) is 0 Å². The summed E-state index contributed by atoms with van der Waals surface area (Å²) in [6.45, 7) is 20.2. The van der Waals surface area contributed by atoms with Crippen LogP contribution < -0.4 is 0 Å². The van der Waals surface area contributed by atoms with Crippen LogP contribution in [0.3, 0.4) is 0 Å². The third-order valence-electron chi connectivity index (χ3n) is 3.76. The monoisotopic (exact) mass is 458 g/mol. The Morgan fingerprint density at radius 1 is 0.265 bits per heavy atom. The van der Waals surface area contributed by atoms with E-state index in [1.807, 2.05) is 104 Å². The lowest BCUT2D eigenvalue weighted by Crippen LogP contribution is -1.73. The summed E-state index contributed by atoms with van der Waals surface area (Å²) >= 11 is 0. The average molecular weight is 459 g/mol. The van der Waals surface area contributed by atoms with Crippen molar-refractivity contribution in [3.63, 3.8) is 0 Å². The summed E-state index contributed by atoms with van der Waals surface area (Å²) in [4.78, 5) is 0. The highest BCUT2D eigenvalue weighted by Crippen LogP contribution is 2.17. The first-order valence-electron chi connectivity index (χ1n) is 12.9. The smallest absolute Gasteiger partial charge is 0.0184 e. The highest BCUT2D eigenvalue weighted by atomic mass is 14.0. The first kappa shape index (κ1) is 35.5. The van der Waals surface area contributed by atoms with E-state index in [4.69, 9.17) is 0 Å². The molecule has 0 saturated carbocycles. The van der Waals surface area contributed by atoms with Crippen molar-refractivity contribution < 1.29 is 0 Å². The molecule has 0 saturated heterocycles. The average Bonchev–Trinajstić information content (AvgIpc) is 2.96. The second-order valence-corrected chi connectivity index (χ2v) is 6.04. The minimum absolute atomic E-state index is 1.28. The molecule has 0 heterocycles. The Labute approximate surface area is 212 Å². The lowest BCUT2D eigenvalue weighted by atomic mass is 10.1. The molecule has 0 spiro atoms. The van der Waals surface area contributed by atoms with Crippen molar-refractivity contribution in [3.05, 3.63) is 132 Å². The summed E-state index contributed by atoms with van der Waals surface area (Å²) in [5.74, 6) is 0. The number of benzene rings is 4. The van der Waals surface area contributed by atoms with Crippen molar-refractivity contribution in [1.29, 1.82) is 0 Å². The van der Waals surface area contributed by atoms with E-state index < -0.39 is 0 Å². The SMILES string of the molecule is CC.CC.CC.CC.Cc1ccccc1.Cc1ccccc1.c1ccc(-c2ccccc2)cc1. The van der Waals surface area contributed by atoms with Gasteiger partial charge in [0.1, 0.15) is 0 Å². The molecule has 0 heteroatoms. The second kappa shape index (κ2) is 29.9. The lowest BCUT2D eigenvalue weighted by molar-refractivity contribution is 1.48. The molecular formula is C34H50. The molecular weight excluding hydrogens is 408 g/mol. The molecule has 4 aromatic rings. The maximum Gasteiger partial charge on any atom is -0.0184 e. The molecule has 186 valence electrons. The molecule has 34 heavy (non-hydrogen) atoms. The fourth-order valence-corrected chi connectivity index (χ4v) is 2.33. The predicted molar refractivity (Wildman–Crippen MR) is 160 cm³/mol. The van der Waals surface area contributed by atoms with Crippen molar-refractivity contribution in [2.75, 3.05) is 0 Å². The van der Waals surface area contributed by atoms with Gasteiger partial charge in [0.2, 0.25) is 0 Å². The molecule has 0 aliphatic carbocycles. The summed E-state index contributed by atoms with van der Waals surface area (Å²) in [6, 6.07) is 41.3. The highest BCUT2D eigenvalue weighted by molar-refractivity contribution is 5.62. The molecule has 0 nitrogen and oxygen atoms in total. The minimum atomic E-state index is 1.28. The van der Waals surface area contributed by atoms with Gasteiger partial charge in [0.25, 0.3) is 0 Å². The van der Waals surface area contributed by atoms with Crippen LogP contribution in [0, 0.1) is 13.8 Å². The summed E-state index contributed by atoms with van der Waals surface area (Å²) in [5.41, 5.74) is 5.20. The van der Waals surface area contributed by atoms with Gasteiger partial charge in [-0.2, -0.15) is 0 Å². The van der Waals surface area contributed by atoms with Crippen molar-refractivity contribution in [1.82, 2.24) is 0 Å². The maximum atomic E-state index is 2.12. The molecule has 0 aromatic heterocycles. The molecule has 0 aliphatic rings. The van der Waals surface area contributed by atoms with Crippen molar-refractivity contribution in [2.24, 2.45) is 0 Å². The van der Waals surface area contributed by atoms with Crippen molar-refractivity contribution in [2.45, 2.75) is 69.2 Å². The van der Waals surface area contributed by atoms with Crippen LogP contribution in [0.1, 0.15) is 66.5 Å². The Bertz CT molecular complexity index is 745. The van der Waals surface area contributed by atoms with Crippen LogP contribution >= 0.6 is 0 Å². The zero-order valence-corrected chi connectivity index (χ0v) is 23.5. The van der Waals surface area contributed by atoms with E-state index in [1.54, 1.807) is 0 Å². The first-order chi connectivity index (χ1) is 16.8. The van der Waals surface area contributed by atoms with Crippen LogP contribution in [-0.4, -0.2) is 0 Å². The predicted octanol–water partition coefficient (Wildman–Crippen LogP) is 11.4. The molecule has 0 fully saturated rings. The highest BCUT2D eigenvalue weighted by Gasteiger charge is 1.91. The second-order valence-electron chi connectivity index (χ2n) is 6.04. The van der Waals surface area contributed by atoms with E-state index in [0.717, 1.165) is 0 Å². The van der Waals surface area contributed by atoms with Gasteiger partial charge in [0.15, 0.2) is 0 Å². The van der Waals surface area contributed by atoms with Gasteiger partial charge in [-0.25, -0.2) is 0 Å².